The third-order valence-electron chi connectivity index (χ3n) is 4.81. The monoisotopic (exact) mass is 484 g/mol. The van der Waals surface area contributed by atoms with E-state index < -0.39 is 22.7 Å². The van der Waals surface area contributed by atoms with Gasteiger partial charge < -0.3 is 0 Å². The molecule has 0 saturated heterocycles. The molecule has 0 aromatic heterocycles. The molecule has 0 radical (unpaired) electrons. The Labute approximate surface area is 183 Å². The van der Waals surface area contributed by atoms with Gasteiger partial charge in [-0.25, -0.2) is 8.61 Å². The van der Waals surface area contributed by atoms with Gasteiger partial charge in [-0.2, -0.15) is 8.42 Å². The zero-order chi connectivity index (χ0) is 21.3. The van der Waals surface area contributed by atoms with E-state index in [1.807, 2.05) is 6.07 Å². The number of carbonyl (C=O) groups excluding carboxylic acids is 2. The van der Waals surface area contributed by atoms with Crippen LogP contribution in [0.1, 0.15) is 26.3 Å². The smallest absolute Gasteiger partial charge is 0.292 e. The van der Waals surface area contributed by atoms with Crippen LogP contribution >= 0.6 is 15.9 Å². The fourth-order valence-electron chi connectivity index (χ4n) is 3.28. The predicted molar refractivity (Wildman–Crippen MR) is 117 cm³/mol. The summed E-state index contributed by atoms with van der Waals surface area (Å²) in [5.74, 6) is -0.975. The summed E-state index contributed by atoms with van der Waals surface area (Å²) < 4.78 is 29.4. The van der Waals surface area contributed by atoms with Gasteiger partial charge in [0, 0.05) is 10.0 Å². The van der Waals surface area contributed by atoms with Crippen molar-refractivity contribution in [2.45, 2.75) is 6.54 Å². The lowest BCUT2D eigenvalue weighted by Gasteiger charge is -2.36. The fraction of sp³-hybridized carbons (Fsp3) is 0.0909. The highest BCUT2D eigenvalue weighted by atomic mass is 79.9. The van der Waals surface area contributed by atoms with Crippen LogP contribution in [0.3, 0.4) is 0 Å². The molecular weight excluding hydrogens is 468 g/mol. The molecule has 6 nitrogen and oxygen atoms in total. The van der Waals surface area contributed by atoms with Crippen LogP contribution < -0.4 is 4.31 Å². The minimum atomic E-state index is -4.25. The van der Waals surface area contributed by atoms with Gasteiger partial charge in [0.1, 0.15) is 0 Å². The van der Waals surface area contributed by atoms with Gasteiger partial charge in [-0.3, -0.25) is 9.59 Å². The zero-order valence-corrected chi connectivity index (χ0v) is 18.1. The Morgan fingerprint density at radius 3 is 2.17 bits per heavy atom. The average molecular weight is 485 g/mol. The van der Waals surface area contributed by atoms with Crippen molar-refractivity contribution < 1.29 is 18.0 Å². The first kappa shape index (κ1) is 20.3. The van der Waals surface area contributed by atoms with Crippen LogP contribution in [0.2, 0.25) is 0 Å². The molecule has 3 aromatic carbocycles. The van der Waals surface area contributed by atoms with Crippen LogP contribution in [0.15, 0.2) is 83.3 Å². The molecule has 3 aromatic rings. The Hall–Kier alpha value is -2.97. The van der Waals surface area contributed by atoms with Crippen molar-refractivity contribution in [1.29, 1.82) is 0 Å². The molecule has 8 heteroatoms. The first-order valence-corrected chi connectivity index (χ1v) is 11.3. The number of ketones is 1. The van der Waals surface area contributed by atoms with E-state index in [2.05, 4.69) is 15.9 Å². The molecule has 1 heterocycles. The summed E-state index contributed by atoms with van der Waals surface area (Å²) in [5.41, 5.74) is 1.51. The van der Waals surface area contributed by atoms with Crippen LogP contribution in [0.5, 0.6) is 0 Å². The molecule has 1 aliphatic heterocycles. The summed E-state index contributed by atoms with van der Waals surface area (Å²) in [6, 6.07) is 22.0. The molecule has 0 unspecified atom stereocenters. The van der Waals surface area contributed by atoms with Gasteiger partial charge >= 0.3 is 10.2 Å². The molecule has 0 N–H and O–H groups in total. The Bertz CT molecular complexity index is 1210. The van der Waals surface area contributed by atoms with E-state index in [0.29, 0.717) is 11.1 Å². The van der Waals surface area contributed by atoms with Crippen molar-refractivity contribution >= 4 is 43.5 Å². The molecule has 1 aliphatic rings. The van der Waals surface area contributed by atoms with E-state index in [-0.39, 0.29) is 23.6 Å². The molecule has 0 spiro atoms. The molecule has 0 aliphatic carbocycles. The molecule has 30 heavy (non-hydrogen) atoms. The van der Waals surface area contributed by atoms with Crippen molar-refractivity contribution in [3.63, 3.8) is 0 Å². The summed E-state index contributed by atoms with van der Waals surface area (Å²) in [4.78, 5) is 25.8. The van der Waals surface area contributed by atoms with Gasteiger partial charge in [-0.1, -0.05) is 70.5 Å². The number of halogens is 1. The van der Waals surface area contributed by atoms with Crippen LogP contribution in [0.25, 0.3) is 0 Å². The van der Waals surface area contributed by atoms with Crippen molar-refractivity contribution in [1.82, 2.24) is 4.31 Å². The number of Topliss-reactive ketones (excluding diaryl/α,β-unsaturated/α-hetero) is 1. The van der Waals surface area contributed by atoms with Crippen LogP contribution in [-0.2, 0) is 16.8 Å². The van der Waals surface area contributed by atoms with Crippen molar-refractivity contribution in [2.24, 2.45) is 0 Å². The number of amides is 1. The van der Waals surface area contributed by atoms with Crippen LogP contribution in [0, 0.1) is 0 Å². The van der Waals surface area contributed by atoms with Gasteiger partial charge in [0.05, 0.1) is 24.3 Å². The lowest BCUT2D eigenvalue weighted by molar-refractivity contribution is 0.0848. The average Bonchev–Trinajstić information content (AvgIpc) is 2.75. The summed E-state index contributed by atoms with van der Waals surface area (Å²) in [6.45, 7) is -0.515. The first-order chi connectivity index (χ1) is 14.4. The zero-order valence-electron chi connectivity index (χ0n) is 15.7. The normalized spacial score (nSPS) is 15.0. The molecule has 0 atom stereocenters. The lowest BCUT2D eigenvalue weighted by atomic mass is 10.1. The summed E-state index contributed by atoms with van der Waals surface area (Å²) in [6.07, 6.45) is 0. The van der Waals surface area contributed by atoms with Crippen molar-refractivity contribution in [3.05, 3.63) is 100 Å². The molecule has 1 amide bonds. The molecular formula is C22H17BrN2O4S. The Morgan fingerprint density at radius 1 is 0.833 bits per heavy atom. The van der Waals surface area contributed by atoms with E-state index in [0.717, 1.165) is 13.1 Å². The second kappa shape index (κ2) is 8.04. The Morgan fingerprint density at radius 2 is 1.47 bits per heavy atom. The Kier molecular flexibility index (Phi) is 5.44. The summed E-state index contributed by atoms with van der Waals surface area (Å²) in [5, 5.41) is 0. The largest absolute Gasteiger partial charge is 0.329 e. The Balaban J connectivity index is 1.74. The van der Waals surface area contributed by atoms with E-state index in [1.54, 1.807) is 72.8 Å². The molecule has 152 valence electrons. The van der Waals surface area contributed by atoms with Gasteiger partial charge in [0.25, 0.3) is 5.91 Å². The highest BCUT2D eigenvalue weighted by Gasteiger charge is 2.42. The number of benzene rings is 3. The van der Waals surface area contributed by atoms with Gasteiger partial charge in [0.15, 0.2) is 5.78 Å². The molecule has 0 fully saturated rings. The second-order valence-corrected chi connectivity index (χ2v) is 9.45. The van der Waals surface area contributed by atoms with Gasteiger partial charge in [-0.05, 0) is 29.8 Å². The number of hydrogen-bond acceptors (Lipinski definition) is 4. The summed E-state index contributed by atoms with van der Waals surface area (Å²) in [7, 11) is -4.25. The number of para-hydroxylation sites is 1. The molecule has 0 saturated carbocycles. The third-order valence-corrected chi connectivity index (χ3v) is 7.07. The standard InChI is InChI=1S/C22H17BrN2O4S/c23-18-12-10-17(11-13-18)21(26)15-24-20-9-5-4-8-19(20)22(27)25(30(24,28)29)14-16-6-2-1-3-7-16/h1-13H,14-15H2. The molecule has 4 rings (SSSR count). The van der Waals surface area contributed by atoms with E-state index in [4.69, 9.17) is 0 Å². The topological polar surface area (TPSA) is 74.8 Å². The van der Waals surface area contributed by atoms with Crippen molar-refractivity contribution in [2.75, 3.05) is 10.8 Å². The van der Waals surface area contributed by atoms with E-state index in [1.165, 1.54) is 0 Å². The van der Waals surface area contributed by atoms with E-state index >= 15 is 0 Å². The third kappa shape index (κ3) is 3.76. The van der Waals surface area contributed by atoms with Crippen LogP contribution in [-0.4, -0.2) is 31.0 Å². The maximum Gasteiger partial charge on any atom is 0.329 e. The number of carbonyl (C=O) groups is 2. The summed E-state index contributed by atoms with van der Waals surface area (Å²) >= 11 is 3.32. The minimum Gasteiger partial charge on any atom is -0.292 e. The molecule has 0 bridgehead atoms. The van der Waals surface area contributed by atoms with Gasteiger partial charge in [-0.15, -0.1) is 0 Å². The highest BCUT2D eigenvalue weighted by molar-refractivity contribution is 9.10. The van der Waals surface area contributed by atoms with Gasteiger partial charge in [0.2, 0.25) is 0 Å². The maximum absolute atomic E-state index is 13.4. The minimum absolute atomic E-state index is 0.112. The second-order valence-electron chi connectivity index (χ2n) is 6.76. The number of fused-ring (bicyclic) bond motifs is 1. The number of anilines is 1. The predicted octanol–water partition coefficient (Wildman–Crippen LogP) is 4.04. The highest BCUT2D eigenvalue weighted by Crippen LogP contribution is 2.33. The quantitative estimate of drug-likeness (QED) is 0.512. The number of hydrogen-bond donors (Lipinski definition) is 0. The lowest BCUT2D eigenvalue weighted by Crippen LogP contribution is -2.52. The number of rotatable bonds is 5. The van der Waals surface area contributed by atoms with E-state index in [9.17, 15) is 18.0 Å². The first-order valence-electron chi connectivity index (χ1n) is 9.14. The van der Waals surface area contributed by atoms with Crippen LogP contribution in [0.4, 0.5) is 5.69 Å². The maximum atomic E-state index is 13.4. The number of nitrogens with zero attached hydrogens (tertiary/aromatic N) is 2. The van der Waals surface area contributed by atoms with Crippen molar-refractivity contribution in [3.8, 4) is 0 Å². The fourth-order valence-corrected chi connectivity index (χ4v) is 5.09. The SMILES string of the molecule is O=C(CN1c2ccccc2C(=O)N(Cc2ccccc2)S1(=O)=O)c1ccc(Br)cc1.